The molecule has 1 atom stereocenters. The van der Waals surface area contributed by atoms with E-state index in [0.717, 1.165) is 12.2 Å². The highest BCUT2D eigenvalue weighted by atomic mass is 16.5. The van der Waals surface area contributed by atoms with Crippen molar-refractivity contribution in [3.8, 4) is 5.75 Å². The van der Waals surface area contributed by atoms with Crippen molar-refractivity contribution in [2.75, 3.05) is 12.4 Å². The Kier molecular flexibility index (Phi) is 5.95. The fourth-order valence-electron chi connectivity index (χ4n) is 2.04. The number of nitrogens with one attached hydrogen (secondary N) is 1. The number of esters is 1. The molecule has 24 heavy (non-hydrogen) atoms. The number of carbonyl (C=O) groups excluding carboxylic acids is 2. The molecule has 5 nitrogen and oxygen atoms in total. The molecule has 1 amide bonds. The summed E-state index contributed by atoms with van der Waals surface area (Å²) in [6.07, 6.45) is 1.07. The van der Waals surface area contributed by atoms with Gasteiger partial charge in [-0.2, -0.15) is 0 Å². The van der Waals surface area contributed by atoms with Gasteiger partial charge in [-0.05, 0) is 55.8 Å². The molecule has 0 saturated heterocycles. The van der Waals surface area contributed by atoms with E-state index in [1.54, 1.807) is 30.3 Å². The molecule has 126 valence electrons. The summed E-state index contributed by atoms with van der Waals surface area (Å²) in [6, 6.07) is 13.6. The predicted octanol–water partition coefficient (Wildman–Crippen LogP) is 3.90. The van der Waals surface area contributed by atoms with Gasteiger partial charge in [-0.3, -0.25) is 4.79 Å². The molecular weight excluding hydrogens is 306 g/mol. The SMILES string of the molecule is CCC(C)Oc1ccc(NC(=O)c2cccc(C(=O)OC)c2)cc1. The van der Waals surface area contributed by atoms with Gasteiger partial charge in [0.2, 0.25) is 0 Å². The summed E-state index contributed by atoms with van der Waals surface area (Å²) in [5.41, 5.74) is 1.38. The molecule has 0 radical (unpaired) electrons. The highest BCUT2D eigenvalue weighted by Gasteiger charge is 2.11. The van der Waals surface area contributed by atoms with Crippen molar-refractivity contribution >= 4 is 17.6 Å². The van der Waals surface area contributed by atoms with E-state index in [0.29, 0.717) is 16.8 Å². The maximum Gasteiger partial charge on any atom is 0.337 e. The van der Waals surface area contributed by atoms with Crippen LogP contribution in [0, 0.1) is 0 Å². The van der Waals surface area contributed by atoms with Crippen LogP contribution in [0.5, 0.6) is 5.75 Å². The van der Waals surface area contributed by atoms with Crippen LogP contribution in [0.25, 0.3) is 0 Å². The Balaban J connectivity index is 2.05. The number of carbonyl (C=O) groups is 2. The molecule has 0 aliphatic rings. The van der Waals surface area contributed by atoms with Crippen LogP contribution in [0.4, 0.5) is 5.69 Å². The predicted molar refractivity (Wildman–Crippen MR) is 92.6 cm³/mol. The van der Waals surface area contributed by atoms with Gasteiger partial charge in [-0.15, -0.1) is 0 Å². The Labute approximate surface area is 141 Å². The van der Waals surface area contributed by atoms with Gasteiger partial charge in [0.05, 0.1) is 18.8 Å². The van der Waals surface area contributed by atoms with Gasteiger partial charge in [0.15, 0.2) is 0 Å². The maximum atomic E-state index is 12.3. The summed E-state index contributed by atoms with van der Waals surface area (Å²) < 4.78 is 10.4. The lowest BCUT2D eigenvalue weighted by Gasteiger charge is -2.13. The summed E-state index contributed by atoms with van der Waals surface area (Å²) in [6.45, 7) is 4.06. The van der Waals surface area contributed by atoms with Gasteiger partial charge in [0.1, 0.15) is 5.75 Å². The zero-order valence-electron chi connectivity index (χ0n) is 14.0. The van der Waals surface area contributed by atoms with Gasteiger partial charge >= 0.3 is 5.97 Å². The van der Waals surface area contributed by atoms with Crippen molar-refractivity contribution in [3.05, 3.63) is 59.7 Å². The van der Waals surface area contributed by atoms with E-state index in [1.165, 1.54) is 13.2 Å². The molecule has 5 heteroatoms. The molecule has 1 unspecified atom stereocenters. The zero-order valence-corrected chi connectivity index (χ0v) is 14.0. The third-order valence-corrected chi connectivity index (χ3v) is 3.57. The van der Waals surface area contributed by atoms with Gasteiger partial charge < -0.3 is 14.8 Å². The number of benzene rings is 2. The van der Waals surface area contributed by atoms with Crippen LogP contribution in [0.15, 0.2) is 48.5 Å². The standard InChI is InChI=1S/C19H21NO4/c1-4-13(2)24-17-10-8-16(9-11-17)20-18(21)14-6-5-7-15(12-14)19(22)23-3/h5-13H,4H2,1-3H3,(H,20,21). The zero-order chi connectivity index (χ0) is 17.5. The first kappa shape index (κ1) is 17.5. The molecule has 2 aromatic rings. The Hall–Kier alpha value is -2.82. The molecule has 0 aliphatic heterocycles. The van der Waals surface area contributed by atoms with Crippen LogP contribution < -0.4 is 10.1 Å². The lowest BCUT2D eigenvalue weighted by Crippen LogP contribution is -2.13. The van der Waals surface area contributed by atoms with Crippen molar-refractivity contribution in [2.24, 2.45) is 0 Å². The van der Waals surface area contributed by atoms with Crippen molar-refractivity contribution in [3.63, 3.8) is 0 Å². The van der Waals surface area contributed by atoms with Crippen LogP contribution in [0.1, 0.15) is 41.0 Å². The molecule has 0 fully saturated rings. The van der Waals surface area contributed by atoms with Crippen molar-refractivity contribution in [1.29, 1.82) is 0 Å². The van der Waals surface area contributed by atoms with Crippen LogP contribution in [0.2, 0.25) is 0 Å². The molecule has 0 bridgehead atoms. The molecule has 0 aromatic heterocycles. The van der Waals surface area contributed by atoms with Crippen LogP contribution >= 0.6 is 0 Å². The first-order valence-corrected chi connectivity index (χ1v) is 7.80. The van der Waals surface area contributed by atoms with E-state index in [2.05, 4.69) is 17.0 Å². The summed E-state index contributed by atoms with van der Waals surface area (Å²) in [5.74, 6) is -0.0115. The number of hydrogen-bond acceptors (Lipinski definition) is 4. The second-order valence-corrected chi connectivity index (χ2v) is 5.39. The van der Waals surface area contributed by atoms with E-state index in [4.69, 9.17) is 4.74 Å². The average Bonchev–Trinajstić information content (AvgIpc) is 2.62. The minimum Gasteiger partial charge on any atom is -0.491 e. The number of methoxy groups -OCH3 is 1. The lowest BCUT2D eigenvalue weighted by molar-refractivity contribution is 0.0600. The fourth-order valence-corrected chi connectivity index (χ4v) is 2.04. The van der Waals surface area contributed by atoms with Crippen LogP contribution in [0.3, 0.4) is 0 Å². The fraction of sp³-hybridized carbons (Fsp3) is 0.263. The van der Waals surface area contributed by atoms with Crippen LogP contribution in [-0.4, -0.2) is 25.1 Å². The molecule has 2 aromatic carbocycles. The second kappa shape index (κ2) is 8.15. The number of anilines is 1. The molecule has 0 spiro atoms. The first-order chi connectivity index (χ1) is 11.5. The lowest BCUT2D eigenvalue weighted by atomic mass is 10.1. The van der Waals surface area contributed by atoms with Gasteiger partial charge in [0.25, 0.3) is 5.91 Å². The Bertz CT molecular complexity index is 710. The highest BCUT2D eigenvalue weighted by Crippen LogP contribution is 2.18. The summed E-state index contributed by atoms with van der Waals surface area (Å²) >= 11 is 0. The molecule has 0 heterocycles. The summed E-state index contributed by atoms with van der Waals surface area (Å²) in [7, 11) is 1.30. The van der Waals surface area contributed by atoms with E-state index in [9.17, 15) is 9.59 Å². The first-order valence-electron chi connectivity index (χ1n) is 7.80. The van der Waals surface area contributed by atoms with E-state index in [-0.39, 0.29) is 12.0 Å². The molecular formula is C19H21NO4. The maximum absolute atomic E-state index is 12.3. The third-order valence-electron chi connectivity index (χ3n) is 3.57. The van der Waals surface area contributed by atoms with Crippen molar-refractivity contribution < 1.29 is 19.1 Å². The minimum absolute atomic E-state index is 0.145. The summed E-state index contributed by atoms with van der Waals surface area (Å²) in [4.78, 5) is 23.8. The average molecular weight is 327 g/mol. The number of ether oxygens (including phenoxy) is 2. The Morgan fingerprint density at radius 1 is 1.08 bits per heavy atom. The number of hydrogen-bond donors (Lipinski definition) is 1. The Morgan fingerprint density at radius 3 is 2.38 bits per heavy atom. The van der Waals surface area contributed by atoms with E-state index < -0.39 is 5.97 Å². The van der Waals surface area contributed by atoms with E-state index >= 15 is 0 Å². The monoisotopic (exact) mass is 327 g/mol. The molecule has 1 N–H and O–H groups in total. The topological polar surface area (TPSA) is 64.6 Å². The second-order valence-electron chi connectivity index (χ2n) is 5.39. The highest BCUT2D eigenvalue weighted by molar-refractivity contribution is 6.05. The number of amides is 1. The van der Waals surface area contributed by atoms with Crippen LogP contribution in [-0.2, 0) is 4.74 Å². The van der Waals surface area contributed by atoms with E-state index in [1.807, 2.05) is 19.1 Å². The largest absolute Gasteiger partial charge is 0.491 e. The molecule has 0 saturated carbocycles. The third kappa shape index (κ3) is 4.59. The molecule has 2 rings (SSSR count). The van der Waals surface area contributed by atoms with Gasteiger partial charge in [0, 0.05) is 11.3 Å². The van der Waals surface area contributed by atoms with Crippen molar-refractivity contribution in [2.45, 2.75) is 26.4 Å². The normalized spacial score (nSPS) is 11.5. The van der Waals surface area contributed by atoms with Gasteiger partial charge in [-0.25, -0.2) is 4.79 Å². The quantitative estimate of drug-likeness (QED) is 0.817. The minimum atomic E-state index is -0.476. The summed E-state index contributed by atoms with van der Waals surface area (Å²) in [5, 5.41) is 2.79. The van der Waals surface area contributed by atoms with Gasteiger partial charge in [-0.1, -0.05) is 13.0 Å². The Morgan fingerprint density at radius 2 is 1.75 bits per heavy atom. The molecule has 0 aliphatic carbocycles. The smallest absolute Gasteiger partial charge is 0.337 e. The number of rotatable bonds is 6. The van der Waals surface area contributed by atoms with Crippen molar-refractivity contribution in [1.82, 2.24) is 0 Å².